The molecule has 1 rings (SSSR count). The highest BCUT2D eigenvalue weighted by molar-refractivity contribution is 7.89. The molecule has 1 unspecified atom stereocenters. The van der Waals surface area contributed by atoms with Gasteiger partial charge in [-0.2, -0.15) is 0 Å². The molecule has 0 saturated carbocycles. The van der Waals surface area contributed by atoms with Gasteiger partial charge in [-0.05, 0) is 35.6 Å². The van der Waals surface area contributed by atoms with Crippen molar-refractivity contribution in [2.45, 2.75) is 58.1 Å². The lowest BCUT2D eigenvalue weighted by Crippen LogP contribution is -2.52. The molecule has 22 heavy (non-hydrogen) atoms. The number of hydrogen-bond donors (Lipinski definition) is 2. The summed E-state index contributed by atoms with van der Waals surface area (Å²) in [6.07, 6.45) is -0.0227. The van der Waals surface area contributed by atoms with Crippen LogP contribution in [0.1, 0.15) is 41.0 Å². The molecule has 0 aliphatic heterocycles. The van der Waals surface area contributed by atoms with Gasteiger partial charge in [0.1, 0.15) is 0 Å². The third-order valence-electron chi connectivity index (χ3n) is 3.90. The predicted octanol–water partition coefficient (Wildman–Crippen LogP) is 3.44. The van der Waals surface area contributed by atoms with E-state index in [9.17, 15) is 13.5 Å². The van der Waals surface area contributed by atoms with Gasteiger partial charge in [-0.1, -0.05) is 52.6 Å². The number of benzene rings is 1. The number of nitrogens with one attached hydrogen (secondary N) is 1. The Labute approximate surface area is 138 Å². The van der Waals surface area contributed by atoms with Crippen molar-refractivity contribution < 1.29 is 13.5 Å². The predicted molar refractivity (Wildman–Crippen MR) is 90.5 cm³/mol. The topological polar surface area (TPSA) is 66.4 Å². The normalized spacial score (nSPS) is 17.0. The van der Waals surface area contributed by atoms with Gasteiger partial charge in [0.05, 0.1) is 17.0 Å². The maximum atomic E-state index is 12.5. The summed E-state index contributed by atoms with van der Waals surface area (Å²) >= 11 is 5.80. The van der Waals surface area contributed by atoms with Crippen LogP contribution in [0.3, 0.4) is 0 Å². The largest absolute Gasteiger partial charge is 0.391 e. The zero-order valence-electron chi connectivity index (χ0n) is 13.8. The molecule has 2 N–H and O–H groups in total. The lowest BCUT2D eigenvalue weighted by atomic mass is 9.80. The van der Waals surface area contributed by atoms with Crippen LogP contribution >= 0.6 is 11.6 Å². The number of aliphatic hydroxyl groups is 1. The Kier molecular flexibility index (Phi) is 6.45. The molecule has 126 valence electrons. The first-order valence-electron chi connectivity index (χ1n) is 7.45. The smallest absolute Gasteiger partial charge is 0.240 e. The molecule has 0 aliphatic rings. The molecule has 0 saturated heterocycles. The summed E-state index contributed by atoms with van der Waals surface area (Å²) < 4.78 is 27.7. The van der Waals surface area contributed by atoms with Crippen molar-refractivity contribution in [3.05, 3.63) is 29.3 Å². The van der Waals surface area contributed by atoms with Crippen molar-refractivity contribution in [2.24, 2.45) is 11.3 Å². The van der Waals surface area contributed by atoms with Crippen LogP contribution in [0, 0.1) is 11.3 Å². The Morgan fingerprint density at radius 2 is 1.73 bits per heavy atom. The molecule has 0 amide bonds. The van der Waals surface area contributed by atoms with E-state index in [-0.39, 0.29) is 10.8 Å². The highest BCUT2D eigenvalue weighted by Gasteiger charge is 2.36. The number of aliphatic hydroxyl groups excluding tert-OH is 1. The van der Waals surface area contributed by atoms with Crippen LogP contribution in [-0.2, 0) is 10.0 Å². The van der Waals surface area contributed by atoms with Gasteiger partial charge in [0.15, 0.2) is 0 Å². The van der Waals surface area contributed by atoms with E-state index in [4.69, 9.17) is 11.6 Å². The van der Waals surface area contributed by atoms with Crippen molar-refractivity contribution in [1.29, 1.82) is 0 Å². The summed E-state index contributed by atoms with van der Waals surface area (Å²) in [6.45, 7) is 9.59. The van der Waals surface area contributed by atoms with Crippen molar-refractivity contribution in [1.82, 2.24) is 4.72 Å². The van der Waals surface area contributed by atoms with Crippen LogP contribution in [0.2, 0.25) is 5.02 Å². The summed E-state index contributed by atoms with van der Waals surface area (Å²) in [5, 5.41) is 11.0. The fourth-order valence-corrected chi connectivity index (χ4v) is 3.62. The highest BCUT2D eigenvalue weighted by atomic mass is 35.5. The van der Waals surface area contributed by atoms with Gasteiger partial charge in [0, 0.05) is 5.02 Å². The third kappa shape index (κ3) is 4.95. The standard InChI is InChI=1S/C16H26ClNO3S/c1-6-11(2)14(15(19)16(3,4)5)18-22(20,21)13-9-7-12(17)8-10-13/h7-11,14-15,18-19H,6H2,1-5H3/t11-,14-,15?/m0/s1. The van der Waals surface area contributed by atoms with Gasteiger partial charge in [-0.25, -0.2) is 13.1 Å². The molecule has 1 aromatic carbocycles. The summed E-state index contributed by atoms with van der Waals surface area (Å²) in [5.41, 5.74) is -0.420. The molecule has 4 nitrogen and oxygen atoms in total. The van der Waals surface area contributed by atoms with Gasteiger partial charge in [-0.15, -0.1) is 0 Å². The first-order valence-corrected chi connectivity index (χ1v) is 9.31. The average molecular weight is 348 g/mol. The molecule has 0 bridgehead atoms. The average Bonchev–Trinajstić information content (AvgIpc) is 2.42. The van der Waals surface area contributed by atoms with Gasteiger partial charge < -0.3 is 5.11 Å². The zero-order valence-corrected chi connectivity index (χ0v) is 15.4. The molecule has 1 aromatic rings. The number of halogens is 1. The monoisotopic (exact) mass is 347 g/mol. The van der Waals surface area contributed by atoms with Gasteiger partial charge in [-0.3, -0.25) is 0 Å². The summed E-state index contributed by atoms with van der Waals surface area (Å²) in [6, 6.07) is 5.44. The quantitative estimate of drug-likeness (QED) is 0.828. The number of rotatable bonds is 6. The van der Waals surface area contributed by atoms with Crippen LogP contribution in [-0.4, -0.2) is 25.7 Å². The number of sulfonamides is 1. The van der Waals surface area contributed by atoms with E-state index in [1.807, 2.05) is 34.6 Å². The number of hydrogen-bond acceptors (Lipinski definition) is 3. The first-order chi connectivity index (χ1) is 9.99. The van der Waals surface area contributed by atoms with Crippen LogP contribution in [0.5, 0.6) is 0 Å². The fraction of sp³-hybridized carbons (Fsp3) is 0.625. The van der Waals surface area contributed by atoms with Crippen LogP contribution in [0.25, 0.3) is 0 Å². The lowest BCUT2D eigenvalue weighted by molar-refractivity contribution is 0.0191. The Hall–Kier alpha value is -0.620. The second kappa shape index (κ2) is 7.30. The molecule has 0 fully saturated rings. The molecule has 0 aliphatic carbocycles. The maximum Gasteiger partial charge on any atom is 0.240 e. The molecule has 6 heteroatoms. The van der Waals surface area contributed by atoms with Crippen molar-refractivity contribution in [2.75, 3.05) is 0 Å². The first kappa shape index (κ1) is 19.4. The molecule has 3 atom stereocenters. The summed E-state index contributed by atoms with van der Waals surface area (Å²) in [7, 11) is -3.71. The minimum absolute atomic E-state index is 0.0105. The van der Waals surface area contributed by atoms with E-state index in [1.54, 1.807) is 0 Å². The van der Waals surface area contributed by atoms with E-state index in [2.05, 4.69) is 4.72 Å². The SMILES string of the molecule is CC[C@H](C)[C@H](NS(=O)(=O)c1ccc(Cl)cc1)C(O)C(C)(C)C. The Morgan fingerprint density at radius 1 is 1.23 bits per heavy atom. The van der Waals surface area contributed by atoms with Crippen molar-refractivity contribution >= 4 is 21.6 Å². The summed E-state index contributed by atoms with van der Waals surface area (Å²) in [5.74, 6) is 0.0105. The van der Waals surface area contributed by atoms with Crippen LogP contribution in [0.4, 0.5) is 0 Å². The lowest BCUT2D eigenvalue weighted by Gasteiger charge is -2.36. The minimum Gasteiger partial charge on any atom is -0.391 e. The van der Waals surface area contributed by atoms with Crippen molar-refractivity contribution in [3.63, 3.8) is 0 Å². The van der Waals surface area contributed by atoms with Gasteiger partial charge in [0.2, 0.25) is 10.0 Å². The minimum atomic E-state index is -3.71. The molecule has 0 aromatic heterocycles. The van der Waals surface area contributed by atoms with Crippen LogP contribution < -0.4 is 4.72 Å². The third-order valence-corrected chi connectivity index (χ3v) is 5.63. The van der Waals surface area contributed by atoms with E-state index in [1.165, 1.54) is 24.3 Å². The summed E-state index contributed by atoms with van der Waals surface area (Å²) in [4.78, 5) is 0.145. The molecule has 0 radical (unpaired) electrons. The molecular formula is C16H26ClNO3S. The Morgan fingerprint density at radius 3 is 2.14 bits per heavy atom. The second-order valence-corrected chi connectivity index (χ2v) is 8.95. The molecule has 0 heterocycles. The van der Waals surface area contributed by atoms with E-state index in [0.717, 1.165) is 6.42 Å². The molecule has 0 spiro atoms. The second-order valence-electron chi connectivity index (χ2n) is 6.80. The highest BCUT2D eigenvalue weighted by Crippen LogP contribution is 2.27. The van der Waals surface area contributed by atoms with E-state index >= 15 is 0 Å². The Bertz CT molecular complexity index is 578. The van der Waals surface area contributed by atoms with Crippen LogP contribution in [0.15, 0.2) is 29.2 Å². The Balaban J connectivity index is 3.10. The van der Waals surface area contributed by atoms with E-state index in [0.29, 0.717) is 5.02 Å². The van der Waals surface area contributed by atoms with Crippen molar-refractivity contribution in [3.8, 4) is 0 Å². The zero-order chi connectivity index (χ0) is 17.1. The molecular weight excluding hydrogens is 322 g/mol. The maximum absolute atomic E-state index is 12.5. The fourth-order valence-electron chi connectivity index (χ4n) is 2.15. The van der Waals surface area contributed by atoms with Gasteiger partial charge >= 0.3 is 0 Å². The van der Waals surface area contributed by atoms with Gasteiger partial charge in [0.25, 0.3) is 0 Å². The van der Waals surface area contributed by atoms with E-state index < -0.39 is 27.6 Å².